The van der Waals surface area contributed by atoms with Crippen molar-refractivity contribution in [1.82, 2.24) is 0 Å². The lowest BCUT2D eigenvalue weighted by atomic mass is 9.64. The highest BCUT2D eigenvalue weighted by Crippen LogP contribution is 2.43. The van der Waals surface area contributed by atoms with Gasteiger partial charge in [0, 0.05) is 38.3 Å². The molecule has 3 nitrogen and oxygen atoms in total. The van der Waals surface area contributed by atoms with Crippen molar-refractivity contribution in [1.29, 1.82) is 0 Å². The zero-order chi connectivity index (χ0) is 34.4. The average Bonchev–Trinajstić information content (AvgIpc) is 3.75. The van der Waals surface area contributed by atoms with Crippen LogP contribution < -0.4 is 43.1 Å². The Balaban J connectivity index is 1.37. The van der Waals surface area contributed by atoms with Crippen molar-refractivity contribution in [2.24, 2.45) is 0 Å². The summed E-state index contributed by atoms with van der Waals surface area (Å²) in [7, 11) is 15.6. The third-order valence-corrected chi connectivity index (χ3v) is 11.4. The number of benzene rings is 7. The van der Waals surface area contributed by atoms with E-state index in [1.165, 1.54) is 60.1 Å². The average molecular weight is 634 g/mol. The molecule has 230 valence electrons. The molecule has 9 aromatic rings. The number of fused-ring (bicyclic) bond motifs is 8. The second kappa shape index (κ2) is 11.3. The quantitative estimate of drug-likeness (QED) is 0.247. The normalized spacial score (nSPS) is 11.8. The predicted octanol–water partition coefficient (Wildman–Crippen LogP) is -0.416. The van der Waals surface area contributed by atoms with Crippen LogP contribution in [0.3, 0.4) is 0 Å². The van der Waals surface area contributed by atoms with Gasteiger partial charge in [0.15, 0.2) is 5.58 Å². The Morgan fingerprint density at radius 2 is 0.960 bits per heavy atom. The number of nitrogens with zero attached hydrogens (tertiary/aromatic N) is 1. The summed E-state index contributed by atoms with van der Waals surface area (Å²) in [5.74, 6) is 0. The summed E-state index contributed by atoms with van der Waals surface area (Å²) in [4.78, 5) is 2.39. The zero-order valence-electron chi connectivity index (χ0n) is 29.7. The van der Waals surface area contributed by atoms with Gasteiger partial charge in [-0.05, 0) is 46.2 Å². The van der Waals surface area contributed by atoms with Crippen molar-refractivity contribution in [3.05, 3.63) is 109 Å². The van der Waals surface area contributed by atoms with E-state index >= 15 is 0 Å². The monoisotopic (exact) mass is 635 g/mol. The molecule has 0 radical (unpaired) electrons. The van der Waals surface area contributed by atoms with Crippen molar-refractivity contribution < 1.29 is 8.83 Å². The molecule has 10 heteroatoms. The van der Waals surface area contributed by atoms with E-state index in [4.69, 9.17) is 8.83 Å². The minimum Gasteiger partial charge on any atom is -0.457 e. The van der Waals surface area contributed by atoms with Crippen molar-refractivity contribution in [2.45, 2.75) is 0 Å². The highest BCUT2D eigenvalue weighted by Gasteiger charge is 2.27. The molecule has 0 saturated heterocycles. The molecule has 2 heterocycles. The van der Waals surface area contributed by atoms with Crippen LogP contribution in [-0.2, 0) is 0 Å². The fourth-order valence-electron chi connectivity index (χ4n) is 8.19. The highest BCUT2D eigenvalue weighted by atomic mass is 16.3. The van der Waals surface area contributed by atoms with Gasteiger partial charge < -0.3 is 13.7 Å². The topological polar surface area (TPSA) is 29.5 Å². The van der Waals surface area contributed by atoms with Gasteiger partial charge in [0.05, 0.1) is 5.69 Å². The first-order valence-corrected chi connectivity index (χ1v) is 17.5. The van der Waals surface area contributed by atoms with Crippen molar-refractivity contribution >= 4 is 165 Å². The molecular formula is C40H32B7NO2. The molecule has 0 aliphatic rings. The first-order valence-electron chi connectivity index (χ1n) is 17.5. The first-order chi connectivity index (χ1) is 24.2. The van der Waals surface area contributed by atoms with Crippen LogP contribution >= 0.6 is 0 Å². The summed E-state index contributed by atoms with van der Waals surface area (Å²) in [6, 6.07) is 38.8. The van der Waals surface area contributed by atoms with E-state index < -0.39 is 0 Å². The molecule has 0 unspecified atom stereocenters. The highest BCUT2D eigenvalue weighted by molar-refractivity contribution is 6.69. The van der Waals surface area contributed by atoms with E-state index in [9.17, 15) is 0 Å². The smallest absolute Gasteiger partial charge is 0.159 e. The van der Waals surface area contributed by atoms with Gasteiger partial charge in [0.2, 0.25) is 0 Å². The van der Waals surface area contributed by atoms with Gasteiger partial charge in [-0.3, -0.25) is 0 Å². The van der Waals surface area contributed by atoms with Crippen LogP contribution in [0.25, 0.3) is 65.8 Å². The van der Waals surface area contributed by atoms with Gasteiger partial charge in [-0.2, -0.15) is 0 Å². The summed E-state index contributed by atoms with van der Waals surface area (Å²) in [6.07, 6.45) is 0. The van der Waals surface area contributed by atoms with Crippen LogP contribution in [0.4, 0.5) is 17.1 Å². The molecular weight excluding hydrogens is 602 g/mol. The van der Waals surface area contributed by atoms with Crippen molar-refractivity contribution in [2.75, 3.05) is 4.90 Å². The molecule has 0 atom stereocenters. The molecule has 0 aliphatic heterocycles. The molecule has 0 fully saturated rings. The summed E-state index contributed by atoms with van der Waals surface area (Å²) in [6.45, 7) is 0. The lowest BCUT2D eigenvalue weighted by Gasteiger charge is -2.30. The van der Waals surface area contributed by atoms with Crippen LogP contribution in [0, 0.1) is 0 Å². The molecule has 0 spiro atoms. The Bertz CT molecular complexity index is 2840. The largest absolute Gasteiger partial charge is 0.457 e. The lowest BCUT2D eigenvalue weighted by Crippen LogP contribution is -2.47. The maximum absolute atomic E-state index is 6.95. The van der Waals surface area contributed by atoms with Gasteiger partial charge >= 0.3 is 0 Å². The van der Waals surface area contributed by atoms with Crippen LogP contribution in [0.1, 0.15) is 0 Å². The lowest BCUT2D eigenvalue weighted by molar-refractivity contribution is 0.672. The minimum absolute atomic E-state index is 0.866. The number of para-hydroxylation sites is 1. The van der Waals surface area contributed by atoms with E-state index in [1.807, 2.05) is 0 Å². The second-order valence-corrected chi connectivity index (χ2v) is 13.9. The summed E-state index contributed by atoms with van der Waals surface area (Å²) < 4.78 is 13.9. The van der Waals surface area contributed by atoms with Crippen molar-refractivity contribution in [3.8, 4) is 11.1 Å². The fourth-order valence-corrected chi connectivity index (χ4v) is 8.19. The third-order valence-electron chi connectivity index (χ3n) is 11.4. The van der Waals surface area contributed by atoms with Crippen LogP contribution in [0.2, 0.25) is 0 Å². The first kappa shape index (κ1) is 30.7. The SMILES string of the molecule is Bc1c(B)c(B)c2c(oc3c(B)c(N(c4ccc(-c5ccccc5)cc4)c4cccc5c4oc4c6ccccc6ccc54)c(B)c(B)c32)c1B. The number of furan rings is 2. The molecule has 0 N–H and O–H groups in total. The minimum atomic E-state index is 0.866. The molecule has 0 bridgehead atoms. The number of rotatable bonds is 4. The molecule has 0 aliphatic carbocycles. The maximum atomic E-state index is 6.95. The fraction of sp³-hybridized carbons (Fsp3) is 0. The standard InChI is InChI=1S/C40H32B7NO2/c41-29-27-28-30(42)33(45)36(35(47)40(28)50-39(27)34(46)32(44)31(29)43)48(22-16-13-20(14-17-22)19-7-2-1-3-8-19)26-12-6-11-24-25-18-15-21-9-4-5-10-23(21)37(25)49-38(24)26/h1-18H,41-47H2. The van der Waals surface area contributed by atoms with E-state index in [0.29, 0.717) is 0 Å². The van der Waals surface area contributed by atoms with Gasteiger partial charge in [0.1, 0.15) is 71.7 Å². The Hall–Kier alpha value is -5.35. The van der Waals surface area contributed by atoms with Gasteiger partial charge in [-0.25, -0.2) is 0 Å². The third kappa shape index (κ3) is 4.34. The zero-order valence-corrected chi connectivity index (χ0v) is 29.7. The van der Waals surface area contributed by atoms with Gasteiger partial charge in [-0.15, -0.1) is 5.46 Å². The Labute approximate surface area is 297 Å². The Morgan fingerprint density at radius 3 is 1.72 bits per heavy atom. The van der Waals surface area contributed by atoms with E-state index in [1.54, 1.807) is 0 Å². The van der Waals surface area contributed by atoms with E-state index in [2.05, 4.69) is 169 Å². The van der Waals surface area contributed by atoms with E-state index in [-0.39, 0.29) is 0 Å². The van der Waals surface area contributed by atoms with Gasteiger partial charge in [-0.1, -0.05) is 112 Å². The van der Waals surface area contributed by atoms with Crippen LogP contribution in [0.5, 0.6) is 0 Å². The molecule has 50 heavy (non-hydrogen) atoms. The molecule has 0 amide bonds. The molecule has 7 aromatic carbocycles. The van der Waals surface area contributed by atoms with Gasteiger partial charge in [0.25, 0.3) is 0 Å². The van der Waals surface area contributed by atoms with Crippen LogP contribution in [-0.4, -0.2) is 54.9 Å². The molecule has 9 rings (SSSR count). The van der Waals surface area contributed by atoms with E-state index in [0.717, 1.165) is 61.0 Å². The summed E-state index contributed by atoms with van der Waals surface area (Å²) in [5, 5.41) is 6.96. The Kier molecular flexibility index (Phi) is 6.97. The Morgan fingerprint density at radius 1 is 0.380 bits per heavy atom. The number of hydrogen-bond acceptors (Lipinski definition) is 3. The maximum Gasteiger partial charge on any atom is 0.159 e. The summed E-state index contributed by atoms with van der Waals surface area (Å²) >= 11 is 0. The molecule has 2 aromatic heterocycles. The number of anilines is 3. The molecule has 0 saturated carbocycles. The summed E-state index contributed by atoms with van der Waals surface area (Å²) in [5.41, 5.74) is 18.0. The number of hydrogen-bond donors (Lipinski definition) is 0. The predicted molar refractivity (Wildman–Crippen MR) is 236 cm³/mol. The van der Waals surface area contributed by atoms with Crippen LogP contribution in [0.15, 0.2) is 118 Å². The van der Waals surface area contributed by atoms with Crippen molar-refractivity contribution in [3.63, 3.8) is 0 Å². The second-order valence-electron chi connectivity index (χ2n) is 13.9.